The minimum absolute atomic E-state index is 0.885. The largest absolute Gasteiger partial charge is 0.356 e. The maximum atomic E-state index is 4.03. The minimum atomic E-state index is 0.885. The molecule has 0 radical (unpaired) electrons. The predicted octanol–water partition coefficient (Wildman–Crippen LogP) is 4.94. The Hall–Kier alpha value is -2.28. The number of aryl methyl sites for hydroxylation is 2. The highest BCUT2D eigenvalue weighted by atomic mass is 14.9. The zero-order valence-electron chi connectivity index (χ0n) is 11.5. The first-order valence-electron chi connectivity index (χ1n) is 6.41. The fourth-order valence-corrected chi connectivity index (χ4v) is 1.93. The van der Waals surface area contributed by atoms with Crippen LogP contribution in [0, 0.1) is 13.8 Å². The Morgan fingerprint density at radius 3 is 2.47 bits per heavy atom. The highest BCUT2D eigenvalue weighted by molar-refractivity contribution is 5.60. The lowest BCUT2D eigenvalue weighted by Gasteiger charge is -2.10. The van der Waals surface area contributed by atoms with Gasteiger partial charge in [0, 0.05) is 11.4 Å². The van der Waals surface area contributed by atoms with Gasteiger partial charge in [-0.15, -0.1) is 0 Å². The van der Waals surface area contributed by atoms with Crippen LogP contribution < -0.4 is 5.32 Å². The first kappa shape index (κ1) is 13.2. The van der Waals surface area contributed by atoms with E-state index in [4.69, 9.17) is 0 Å². The van der Waals surface area contributed by atoms with Gasteiger partial charge in [-0.05, 0) is 37.1 Å². The third-order valence-electron chi connectivity index (χ3n) is 2.95. The molecule has 0 fully saturated rings. The van der Waals surface area contributed by atoms with Gasteiger partial charge in [0.1, 0.15) is 0 Å². The molecule has 0 amide bonds. The van der Waals surface area contributed by atoms with E-state index in [0.717, 1.165) is 11.4 Å². The molecule has 1 N–H and O–H groups in total. The second-order valence-electron chi connectivity index (χ2n) is 4.71. The van der Waals surface area contributed by atoms with Gasteiger partial charge in [0.05, 0.1) is 0 Å². The van der Waals surface area contributed by atoms with E-state index < -0.39 is 0 Å². The summed E-state index contributed by atoms with van der Waals surface area (Å²) < 4.78 is 0. The fraction of sp³-hybridized carbons (Fsp3) is 0.111. The molecular weight excluding hydrogens is 230 g/mol. The molecule has 0 atom stereocenters. The molecule has 0 saturated carbocycles. The summed E-state index contributed by atoms with van der Waals surface area (Å²) in [6.07, 6.45) is 4.05. The molecular formula is C18H19N. The Kier molecular flexibility index (Phi) is 4.19. The quantitative estimate of drug-likeness (QED) is 0.756. The predicted molar refractivity (Wildman–Crippen MR) is 84.2 cm³/mol. The number of hydrogen-bond donors (Lipinski definition) is 1. The first-order chi connectivity index (χ1) is 9.15. The van der Waals surface area contributed by atoms with E-state index in [9.17, 15) is 0 Å². The summed E-state index contributed by atoms with van der Waals surface area (Å²) in [7, 11) is 0. The van der Waals surface area contributed by atoms with E-state index in [2.05, 4.69) is 62.2 Å². The van der Waals surface area contributed by atoms with E-state index in [1.807, 2.05) is 24.3 Å². The minimum Gasteiger partial charge on any atom is -0.356 e. The van der Waals surface area contributed by atoms with Crippen molar-refractivity contribution in [2.24, 2.45) is 0 Å². The van der Waals surface area contributed by atoms with Crippen molar-refractivity contribution in [1.82, 2.24) is 0 Å². The topological polar surface area (TPSA) is 12.0 Å². The summed E-state index contributed by atoms with van der Waals surface area (Å²) in [6.45, 7) is 8.23. The van der Waals surface area contributed by atoms with E-state index in [0.29, 0.717) is 0 Å². The van der Waals surface area contributed by atoms with Crippen molar-refractivity contribution in [3.63, 3.8) is 0 Å². The molecule has 1 heteroatoms. The second kappa shape index (κ2) is 6.05. The standard InChI is InChI=1S/C18H19N/c1-14-9-12-18(15(2)13-14)19-16(3)10-11-17-7-5-4-6-8-17/h4-13,19H,3H2,1-2H3/b11-10+. The summed E-state index contributed by atoms with van der Waals surface area (Å²) in [5.41, 5.74) is 5.66. The molecule has 19 heavy (non-hydrogen) atoms. The Labute approximate surface area is 115 Å². The Bertz CT molecular complexity index is 594. The maximum Gasteiger partial charge on any atom is 0.0413 e. The molecule has 0 aliphatic rings. The van der Waals surface area contributed by atoms with Crippen LogP contribution in [0.5, 0.6) is 0 Å². The van der Waals surface area contributed by atoms with Crippen LogP contribution in [-0.4, -0.2) is 0 Å². The second-order valence-corrected chi connectivity index (χ2v) is 4.71. The molecule has 0 aliphatic heterocycles. The molecule has 0 aliphatic carbocycles. The summed E-state index contributed by atoms with van der Waals surface area (Å²) >= 11 is 0. The lowest BCUT2D eigenvalue weighted by molar-refractivity contribution is 1.35. The van der Waals surface area contributed by atoms with E-state index in [-0.39, 0.29) is 0 Å². The fourth-order valence-electron chi connectivity index (χ4n) is 1.93. The highest BCUT2D eigenvalue weighted by Gasteiger charge is 1.98. The SMILES string of the molecule is C=C(/C=C/c1ccccc1)Nc1ccc(C)cc1C. The molecule has 2 rings (SSSR count). The van der Waals surface area contributed by atoms with Gasteiger partial charge >= 0.3 is 0 Å². The number of allylic oxidation sites excluding steroid dienone is 1. The van der Waals surface area contributed by atoms with Gasteiger partial charge in [0.2, 0.25) is 0 Å². The third kappa shape index (κ3) is 3.85. The highest BCUT2D eigenvalue weighted by Crippen LogP contribution is 2.18. The van der Waals surface area contributed by atoms with Gasteiger partial charge < -0.3 is 5.32 Å². The molecule has 2 aromatic rings. The van der Waals surface area contributed by atoms with Crippen LogP contribution in [0.25, 0.3) is 6.08 Å². The summed E-state index contributed by atoms with van der Waals surface area (Å²) in [5, 5.41) is 3.33. The van der Waals surface area contributed by atoms with Gasteiger partial charge in [0.25, 0.3) is 0 Å². The van der Waals surface area contributed by atoms with Gasteiger partial charge in [0.15, 0.2) is 0 Å². The lowest BCUT2D eigenvalue weighted by Crippen LogP contribution is -1.97. The number of nitrogens with one attached hydrogen (secondary N) is 1. The van der Waals surface area contributed by atoms with Crippen molar-refractivity contribution in [2.45, 2.75) is 13.8 Å². The van der Waals surface area contributed by atoms with Crippen LogP contribution >= 0.6 is 0 Å². The smallest absolute Gasteiger partial charge is 0.0413 e. The monoisotopic (exact) mass is 249 g/mol. The van der Waals surface area contributed by atoms with Crippen LogP contribution in [0.1, 0.15) is 16.7 Å². The van der Waals surface area contributed by atoms with Crippen molar-refractivity contribution in [3.8, 4) is 0 Å². The summed E-state index contributed by atoms with van der Waals surface area (Å²) in [5.74, 6) is 0. The molecule has 1 nitrogen and oxygen atoms in total. The summed E-state index contributed by atoms with van der Waals surface area (Å²) in [6, 6.07) is 16.6. The van der Waals surface area contributed by atoms with Gasteiger partial charge in [-0.25, -0.2) is 0 Å². The van der Waals surface area contributed by atoms with Crippen molar-refractivity contribution in [2.75, 3.05) is 5.32 Å². The molecule has 96 valence electrons. The normalized spacial score (nSPS) is 10.6. The van der Waals surface area contributed by atoms with Crippen molar-refractivity contribution < 1.29 is 0 Å². The van der Waals surface area contributed by atoms with Crippen molar-refractivity contribution in [3.05, 3.63) is 83.6 Å². The van der Waals surface area contributed by atoms with E-state index >= 15 is 0 Å². The van der Waals surface area contributed by atoms with Gasteiger partial charge in [-0.2, -0.15) is 0 Å². The first-order valence-corrected chi connectivity index (χ1v) is 6.41. The van der Waals surface area contributed by atoms with E-state index in [1.165, 1.54) is 16.7 Å². The Morgan fingerprint density at radius 1 is 1.05 bits per heavy atom. The molecule has 0 heterocycles. The molecule has 0 saturated heterocycles. The van der Waals surface area contributed by atoms with Crippen molar-refractivity contribution in [1.29, 1.82) is 0 Å². The Morgan fingerprint density at radius 2 is 1.79 bits per heavy atom. The van der Waals surface area contributed by atoms with Crippen LogP contribution in [-0.2, 0) is 0 Å². The number of hydrogen-bond acceptors (Lipinski definition) is 1. The number of anilines is 1. The molecule has 0 aromatic heterocycles. The third-order valence-corrected chi connectivity index (χ3v) is 2.95. The average molecular weight is 249 g/mol. The van der Waals surface area contributed by atoms with E-state index in [1.54, 1.807) is 0 Å². The van der Waals surface area contributed by atoms with Crippen LogP contribution in [0.15, 0.2) is 66.9 Å². The van der Waals surface area contributed by atoms with Gasteiger partial charge in [-0.1, -0.05) is 60.7 Å². The number of rotatable bonds is 4. The molecule has 0 spiro atoms. The van der Waals surface area contributed by atoms with Crippen LogP contribution in [0.2, 0.25) is 0 Å². The molecule has 0 bridgehead atoms. The van der Waals surface area contributed by atoms with Crippen molar-refractivity contribution >= 4 is 11.8 Å². The zero-order chi connectivity index (χ0) is 13.7. The van der Waals surface area contributed by atoms with Gasteiger partial charge in [-0.3, -0.25) is 0 Å². The van der Waals surface area contributed by atoms with Crippen LogP contribution in [0.4, 0.5) is 5.69 Å². The lowest BCUT2D eigenvalue weighted by atomic mass is 10.1. The summed E-state index contributed by atoms with van der Waals surface area (Å²) in [4.78, 5) is 0. The zero-order valence-corrected chi connectivity index (χ0v) is 11.5. The average Bonchev–Trinajstić information content (AvgIpc) is 2.41. The molecule has 0 unspecified atom stereocenters. The molecule has 2 aromatic carbocycles. The van der Waals surface area contributed by atoms with Crippen LogP contribution in [0.3, 0.4) is 0 Å². The maximum absolute atomic E-state index is 4.03. The Balaban J connectivity index is 2.04. The number of benzene rings is 2.